The molecular weight excluding hydrogens is 194 g/mol. The van der Waals surface area contributed by atoms with Crippen LogP contribution in [-0.4, -0.2) is 26.2 Å². The Morgan fingerprint density at radius 1 is 1.53 bits per heavy atom. The maximum atomic E-state index is 5.03. The van der Waals surface area contributed by atoms with Crippen LogP contribution >= 0.6 is 0 Å². The summed E-state index contributed by atoms with van der Waals surface area (Å²) >= 11 is 0. The highest BCUT2D eigenvalue weighted by molar-refractivity contribution is 5.25. The first-order valence-corrected chi connectivity index (χ1v) is 4.83. The van der Waals surface area contributed by atoms with Crippen LogP contribution in [0.4, 0.5) is 5.95 Å². The minimum atomic E-state index is 0.545. The topological polar surface area (TPSA) is 68.8 Å². The highest BCUT2D eigenvalue weighted by Crippen LogP contribution is 2.07. The molecule has 1 N–H and O–H groups in total. The summed E-state index contributed by atoms with van der Waals surface area (Å²) in [5.74, 6) is 2.05. The maximum absolute atomic E-state index is 5.03. The zero-order valence-corrected chi connectivity index (χ0v) is 8.77. The molecule has 0 saturated heterocycles. The van der Waals surface area contributed by atoms with Crippen molar-refractivity contribution in [2.75, 3.05) is 11.9 Å². The Hall–Kier alpha value is -1.85. The number of aryl methyl sites for hydroxylation is 1. The normalized spacial score (nSPS) is 10.5. The molecule has 0 spiro atoms. The van der Waals surface area contributed by atoms with Crippen molar-refractivity contribution in [2.45, 2.75) is 20.4 Å². The van der Waals surface area contributed by atoms with Crippen molar-refractivity contribution < 1.29 is 4.52 Å². The second-order valence-corrected chi connectivity index (χ2v) is 3.14. The van der Waals surface area contributed by atoms with Crippen molar-refractivity contribution in [3.05, 3.63) is 24.1 Å². The van der Waals surface area contributed by atoms with Crippen LogP contribution in [0.15, 0.2) is 16.9 Å². The second-order valence-electron chi connectivity index (χ2n) is 3.14. The number of imidazole rings is 1. The molecule has 6 nitrogen and oxygen atoms in total. The number of aromatic nitrogens is 4. The van der Waals surface area contributed by atoms with Crippen molar-refractivity contribution in [1.29, 1.82) is 0 Å². The summed E-state index contributed by atoms with van der Waals surface area (Å²) in [4.78, 5) is 8.30. The molecule has 0 bridgehead atoms. The zero-order chi connectivity index (χ0) is 10.7. The summed E-state index contributed by atoms with van der Waals surface area (Å²) in [6.07, 6.45) is 3.61. The molecule has 2 aromatic heterocycles. The Morgan fingerprint density at radius 3 is 3.07 bits per heavy atom. The number of nitrogens with one attached hydrogen (secondary N) is 1. The van der Waals surface area contributed by atoms with Crippen molar-refractivity contribution in [3.8, 4) is 0 Å². The van der Waals surface area contributed by atoms with E-state index in [-0.39, 0.29) is 0 Å². The first kappa shape index (κ1) is 9.70. The Bertz CT molecular complexity index is 433. The van der Waals surface area contributed by atoms with Gasteiger partial charge in [-0.3, -0.25) is 0 Å². The van der Waals surface area contributed by atoms with Gasteiger partial charge in [-0.1, -0.05) is 5.16 Å². The summed E-state index contributed by atoms with van der Waals surface area (Å²) < 4.78 is 6.96. The van der Waals surface area contributed by atoms with Crippen LogP contribution in [-0.2, 0) is 6.54 Å². The molecule has 0 aromatic carbocycles. The van der Waals surface area contributed by atoms with E-state index in [9.17, 15) is 0 Å². The van der Waals surface area contributed by atoms with E-state index in [1.54, 1.807) is 13.1 Å². The lowest BCUT2D eigenvalue weighted by Crippen LogP contribution is -2.07. The summed E-state index contributed by atoms with van der Waals surface area (Å²) in [5, 5.41) is 6.88. The molecule has 15 heavy (non-hydrogen) atoms. The van der Waals surface area contributed by atoms with Gasteiger partial charge >= 0.3 is 0 Å². The van der Waals surface area contributed by atoms with Crippen LogP contribution in [0.3, 0.4) is 0 Å². The number of rotatable bonds is 4. The SMILES string of the molecule is CCNc1nccn1Cc1nc(C)no1. The summed E-state index contributed by atoms with van der Waals surface area (Å²) in [6, 6.07) is 0. The van der Waals surface area contributed by atoms with E-state index in [2.05, 4.69) is 20.4 Å². The van der Waals surface area contributed by atoms with E-state index in [0.717, 1.165) is 12.5 Å². The molecule has 0 radical (unpaired) electrons. The van der Waals surface area contributed by atoms with Gasteiger partial charge in [0.05, 0.1) is 0 Å². The standard InChI is InChI=1S/C9H13N5O/c1-3-10-9-11-4-5-14(9)6-8-12-7(2)13-15-8/h4-5H,3,6H2,1-2H3,(H,10,11). The molecule has 0 aliphatic heterocycles. The van der Waals surface area contributed by atoms with Gasteiger partial charge in [-0.05, 0) is 13.8 Å². The zero-order valence-electron chi connectivity index (χ0n) is 8.77. The average Bonchev–Trinajstić information content (AvgIpc) is 2.78. The van der Waals surface area contributed by atoms with Crippen molar-refractivity contribution >= 4 is 5.95 Å². The maximum Gasteiger partial charge on any atom is 0.246 e. The van der Waals surface area contributed by atoms with E-state index >= 15 is 0 Å². The molecule has 0 unspecified atom stereocenters. The monoisotopic (exact) mass is 207 g/mol. The Morgan fingerprint density at radius 2 is 2.40 bits per heavy atom. The lowest BCUT2D eigenvalue weighted by Gasteiger charge is -2.04. The number of anilines is 1. The molecule has 2 heterocycles. The number of nitrogens with zero attached hydrogens (tertiary/aromatic N) is 4. The minimum Gasteiger partial charge on any atom is -0.356 e. The molecule has 2 aromatic rings. The van der Waals surface area contributed by atoms with Crippen LogP contribution in [0.5, 0.6) is 0 Å². The fourth-order valence-electron chi connectivity index (χ4n) is 1.31. The van der Waals surface area contributed by atoms with Crippen molar-refractivity contribution in [2.24, 2.45) is 0 Å². The van der Waals surface area contributed by atoms with Crippen LogP contribution in [0.25, 0.3) is 0 Å². The van der Waals surface area contributed by atoms with Gasteiger partial charge in [0.15, 0.2) is 5.82 Å². The van der Waals surface area contributed by atoms with Gasteiger partial charge in [-0.25, -0.2) is 4.98 Å². The molecule has 0 fully saturated rings. The second kappa shape index (κ2) is 4.12. The molecule has 6 heteroatoms. The van der Waals surface area contributed by atoms with E-state index in [0.29, 0.717) is 18.3 Å². The molecule has 0 saturated carbocycles. The van der Waals surface area contributed by atoms with E-state index in [1.807, 2.05) is 17.7 Å². The van der Waals surface area contributed by atoms with Gasteiger partial charge in [0.2, 0.25) is 11.8 Å². The van der Waals surface area contributed by atoms with Gasteiger partial charge in [0.1, 0.15) is 6.54 Å². The largest absolute Gasteiger partial charge is 0.356 e. The summed E-state index contributed by atoms with van der Waals surface area (Å²) in [6.45, 7) is 5.20. The van der Waals surface area contributed by atoms with Gasteiger partial charge in [-0.15, -0.1) is 0 Å². The van der Waals surface area contributed by atoms with E-state index in [1.165, 1.54) is 0 Å². The Balaban J connectivity index is 2.13. The quantitative estimate of drug-likeness (QED) is 0.811. The third-order valence-corrected chi connectivity index (χ3v) is 1.93. The molecular formula is C9H13N5O. The highest BCUT2D eigenvalue weighted by Gasteiger charge is 2.06. The third-order valence-electron chi connectivity index (χ3n) is 1.93. The van der Waals surface area contributed by atoms with Crippen LogP contribution < -0.4 is 5.32 Å². The summed E-state index contributed by atoms with van der Waals surface area (Å²) in [7, 11) is 0. The first-order chi connectivity index (χ1) is 7.29. The Kier molecular flexibility index (Phi) is 2.66. The van der Waals surface area contributed by atoms with Gasteiger partial charge < -0.3 is 14.4 Å². The molecule has 0 amide bonds. The first-order valence-electron chi connectivity index (χ1n) is 4.83. The molecule has 80 valence electrons. The average molecular weight is 207 g/mol. The lowest BCUT2D eigenvalue weighted by atomic mass is 10.6. The molecule has 0 atom stereocenters. The summed E-state index contributed by atoms with van der Waals surface area (Å²) in [5.41, 5.74) is 0. The third kappa shape index (κ3) is 2.15. The van der Waals surface area contributed by atoms with Crippen molar-refractivity contribution in [1.82, 2.24) is 19.7 Å². The molecule has 0 aliphatic carbocycles. The van der Waals surface area contributed by atoms with E-state index in [4.69, 9.17) is 4.52 Å². The smallest absolute Gasteiger partial charge is 0.246 e. The van der Waals surface area contributed by atoms with E-state index < -0.39 is 0 Å². The predicted molar refractivity (Wildman–Crippen MR) is 54.5 cm³/mol. The fourth-order valence-corrected chi connectivity index (χ4v) is 1.31. The lowest BCUT2D eigenvalue weighted by molar-refractivity contribution is 0.368. The van der Waals surface area contributed by atoms with Crippen LogP contribution in [0.1, 0.15) is 18.6 Å². The van der Waals surface area contributed by atoms with Gasteiger partial charge in [-0.2, -0.15) is 4.98 Å². The number of hydrogen-bond donors (Lipinski definition) is 1. The van der Waals surface area contributed by atoms with Crippen LogP contribution in [0.2, 0.25) is 0 Å². The van der Waals surface area contributed by atoms with Crippen molar-refractivity contribution in [3.63, 3.8) is 0 Å². The van der Waals surface area contributed by atoms with Crippen LogP contribution in [0, 0.1) is 6.92 Å². The predicted octanol–water partition coefficient (Wildman–Crippen LogP) is 1.05. The molecule has 2 rings (SSSR count). The minimum absolute atomic E-state index is 0.545. The molecule has 0 aliphatic rings. The van der Waals surface area contributed by atoms with Gasteiger partial charge in [0.25, 0.3) is 0 Å². The highest BCUT2D eigenvalue weighted by atomic mass is 16.5. The van der Waals surface area contributed by atoms with Gasteiger partial charge in [0, 0.05) is 18.9 Å². The fraction of sp³-hybridized carbons (Fsp3) is 0.444. The Labute approximate surface area is 87.3 Å². The number of hydrogen-bond acceptors (Lipinski definition) is 5.